The van der Waals surface area contributed by atoms with Crippen LogP contribution in [0.3, 0.4) is 0 Å². The van der Waals surface area contributed by atoms with E-state index in [9.17, 15) is 4.79 Å². The SMILES string of the molecule is COc1cc(CN2CC(N)CC2=O)cc(OC)c1OC. The average molecular weight is 280 g/mol. The second-order valence-corrected chi connectivity index (χ2v) is 4.77. The van der Waals surface area contributed by atoms with Crippen molar-refractivity contribution >= 4 is 5.91 Å². The lowest BCUT2D eigenvalue weighted by molar-refractivity contribution is -0.128. The summed E-state index contributed by atoms with van der Waals surface area (Å²) in [7, 11) is 4.69. The van der Waals surface area contributed by atoms with Crippen molar-refractivity contribution in [2.45, 2.75) is 19.0 Å². The first-order valence-corrected chi connectivity index (χ1v) is 6.41. The van der Waals surface area contributed by atoms with E-state index >= 15 is 0 Å². The fourth-order valence-electron chi connectivity index (χ4n) is 2.40. The summed E-state index contributed by atoms with van der Waals surface area (Å²) in [6, 6.07) is 3.61. The molecule has 1 saturated heterocycles. The van der Waals surface area contributed by atoms with Crippen molar-refractivity contribution in [3.8, 4) is 17.2 Å². The zero-order valence-corrected chi connectivity index (χ0v) is 12.0. The van der Waals surface area contributed by atoms with E-state index in [1.165, 1.54) is 0 Å². The molecule has 20 heavy (non-hydrogen) atoms. The fraction of sp³-hybridized carbons (Fsp3) is 0.500. The molecule has 2 N–H and O–H groups in total. The van der Waals surface area contributed by atoms with Gasteiger partial charge in [-0.15, -0.1) is 0 Å². The molecule has 2 rings (SSSR count). The number of carbonyl (C=O) groups is 1. The summed E-state index contributed by atoms with van der Waals surface area (Å²) in [6.07, 6.45) is 0.407. The van der Waals surface area contributed by atoms with E-state index in [2.05, 4.69) is 0 Å². The molecule has 6 nitrogen and oxygen atoms in total. The van der Waals surface area contributed by atoms with Crippen molar-refractivity contribution in [3.63, 3.8) is 0 Å². The van der Waals surface area contributed by atoms with Crippen LogP contribution in [0.4, 0.5) is 0 Å². The monoisotopic (exact) mass is 280 g/mol. The van der Waals surface area contributed by atoms with Gasteiger partial charge in [0.05, 0.1) is 21.3 Å². The molecular formula is C14H20N2O4. The summed E-state index contributed by atoms with van der Waals surface area (Å²) in [4.78, 5) is 13.5. The van der Waals surface area contributed by atoms with E-state index in [0.717, 1.165) is 5.56 Å². The molecule has 0 bridgehead atoms. The van der Waals surface area contributed by atoms with Gasteiger partial charge >= 0.3 is 0 Å². The number of hydrogen-bond donors (Lipinski definition) is 1. The average Bonchev–Trinajstić information content (AvgIpc) is 2.75. The van der Waals surface area contributed by atoms with Gasteiger partial charge in [-0.25, -0.2) is 0 Å². The highest BCUT2D eigenvalue weighted by atomic mass is 16.5. The molecule has 110 valence electrons. The minimum absolute atomic E-state index is 0.0752. The van der Waals surface area contributed by atoms with Crippen LogP contribution in [0, 0.1) is 0 Å². The van der Waals surface area contributed by atoms with Crippen LogP contribution in [0.5, 0.6) is 17.2 Å². The predicted octanol–water partition coefficient (Wildman–Crippen LogP) is 0.772. The number of nitrogens with two attached hydrogens (primary N) is 1. The van der Waals surface area contributed by atoms with Crippen molar-refractivity contribution in [2.24, 2.45) is 5.73 Å². The Balaban J connectivity index is 2.26. The maximum atomic E-state index is 11.8. The number of likely N-dealkylation sites (tertiary alicyclic amines) is 1. The van der Waals surface area contributed by atoms with Gasteiger partial charge in [0.1, 0.15) is 0 Å². The smallest absolute Gasteiger partial charge is 0.224 e. The van der Waals surface area contributed by atoms with Gasteiger partial charge in [0.2, 0.25) is 11.7 Å². The highest BCUT2D eigenvalue weighted by Gasteiger charge is 2.27. The molecule has 1 unspecified atom stereocenters. The Morgan fingerprint density at radius 1 is 1.20 bits per heavy atom. The normalized spacial score (nSPS) is 18.3. The zero-order chi connectivity index (χ0) is 14.7. The van der Waals surface area contributed by atoms with Crippen LogP contribution in [0.2, 0.25) is 0 Å². The van der Waals surface area contributed by atoms with Crippen LogP contribution < -0.4 is 19.9 Å². The Bertz CT molecular complexity index is 479. The van der Waals surface area contributed by atoms with Crippen molar-refractivity contribution < 1.29 is 19.0 Å². The van der Waals surface area contributed by atoms with Gasteiger partial charge in [-0.3, -0.25) is 4.79 Å². The van der Waals surface area contributed by atoms with E-state index < -0.39 is 0 Å². The third-order valence-electron chi connectivity index (χ3n) is 3.34. The Labute approximate surface area is 118 Å². The lowest BCUT2D eigenvalue weighted by Gasteiger charge is -2.19. The highest BCUT2D eigenvalue weighted by molar-refractivity contribution is 5.79. The lowest BCUT2D eigenvalue weighted by atomic mass is 10.1. The maximum absolute atomic E-state index is 11.8. The largest absolute Gasteiger partial charge is 0.493 e. The van der Waals surface area contributed by atoms with Crippen molar-refractivity contribution in [2.75, 3.05) is 27.9 Å². The summed E-state index contributed by atoms with van der Waals surface area (Å²) < 4.78 is 15.9. The maximum Gasteiger partial charge on any atom is 0.224 e. The number of nitrogens with zero attached hydrogens (tertiary/aromatic N) is 1. The minimum atomic E-state index is -0.0791. The molecule has 1 aliphatic heterocycles. The van der Waals surface area contributed by atoms with Gasteiger partial charge in [-0.2, -0.15) is 0 Å². The molecule has 1 heterocycles. The molecule has 0 saturated carbocycles. The molecule has 1 amide bonds. The van der Waals surface area contributed by atoms with Crippen LogP contribution >= 0.6 is 0 Å². The summed E-state index contributed by atoms with van der Waals surface area (Å²) >= 11 is 0. The van der Waals surface area contributed by atoms with Gasteiger partial charge in [0.15, 0.2) is 11.5 Å². The summed E-state index contributed by atoms with van der Waals surface area (Å²) in [5, 5.41) is 0. The number of benzene rings is 1. The third-order valence-corrected chi connectivity index (χ3v) is 3.34. The summed E-state index contributed by atoms with van der Waals surface area (Å²) in [6.45, 7) is 1.07. The summed E-state index contributed by atoms with van der Waals surface area (Å²) in [5.41, 5.74) is 6.71. The standard InChI is InChI=1S/C14H20N2O4/c1-18-11-4-9(5-12(19-2)14(11)20-3)7-16-8-10(15)6-13(16)17/h4-5,10H,6-8,15H2,1-3H3. The first kappa shape index (κ1) is 14.5. The number of methoxy groups -OCH3 is 3. The van der Waals surface area contributed by atoms with Crippen LogP contribution in [0.15, 0.2) is 12.1 Å². The van der Waals surface area contributed by atoms with Crippen LogP contribution in [0.25, 0.3) is 0 Å². The van der Waals surface area contributed by atoms with Crippen LogP contribution in [0.1, 0.15) is 12.0 Å². The molecule has 0 radical (unpaired) electrons. The minimum Gasteiger partial charge on any atom is -0.493 e. The molecule has 1 aromatic carbocycles. The van der Waals surface area contributed by atoms with Crippen LogP contribution in [-0.4, -0.2) is 44.7 Å². The quantitative estimate of drug-likeness (QED) is 0.862. The molecular weight excluding hydrogens is 260 g/mol. The second-order valence-electron chi connectivity index (χ2n) is 4.77. The number of carbonyl (C=O) groups excluding carboxylic acids is 1. The molecule has 0 aromatic heterocycles. The molecule has 1 atom stereocenters. The Morgan fingerprint density at radius 2 is 1.80 bits per heavy atom. The Hall–Kier alpha value is -1.95. The number of ether oxygens (including phenoxy) is 3. The molecule has 1 aliphatic rings. The van der Waals surface area contributed by atoms with Gasteiger partial charge in [0.25, 0.3) is 0 Å². The van der Waals surface area contributed by atoms with E-state index in [-0.39, 0.29) is 11.9 Å². The molecule has 1 fully saturated rings. The predicted molar refractivity (Wildman–Crippen MR) is 74.1 cm³/mol. The van der Waals surface area contributed by atoms with Gasteiger partial charge in [-0.05, 0) is 17.7 Å². The molecule has 0 spiro atoms. The van der Waals surface area contributed by atoms with Crippen molar-refractivity contribution in [1.29, 1.82) is 0 Å². The molecule has 1 aromatic rings. The first-order chi connectivity index (χ1) is 9.58. The second kappa shape index (κ2) is 6.00. The Kier molecular flexibility index (Phi) is 4.34. The van der Waals surface area contributed by atoms with Crippen LogP contribution in [-0.2, 0) is 11.3 Å². The van der Waals surface area contributed by atoms with Crippen molar-refractivity contribution in [1.82, 2.24) is 4.90 Å². The highest BCUT2D eigenvalue weighted by Crippen LogP contribution is 2.38. The van der Waals surface area contributed by atoms with Gasteiger partial charge in [-0.1, -0.05) is 0 Å². The number of amides is 1. The third kappa shape index (κ3) is 2.80. The van der Waals surface area contributed by atoms with E-state index in [4.69, 9.17) is 19.9 Å². The first-order valence-electron chi connectivity index (χ1n) is 6.41. The molecule has 6 heteroatoms. The topological polar surface area (TPSA) is 74.0 Å². The summed E-state index contributed by atoms with van der Waals surface area (Å²) in [5.74, 6) is 1.78. The number of rotatable bonds is 5. The zero-order valence-electron chi connectivity index (χ0n) is 12.0. The van der Waals surface area contributed by atoms with E-state index in [1.54, 1.807) is 26.2 Å². The lowest BCUT2D eigenvalue weighted by Crippen LogP contribution is -2.27. The van der Waals surface area contributed by atoms with Gasteiger partial charge in [0, 0.05) is 25.6 Å². The fourth-order valence-corrected chi connectivity index (χ4v) is 2.40. The van der Waals surface area contributed by atoms with Gasteiger partial charge < -0.3 is 24.8 Å². The van der Waals surface area contributed by atoms with E-state index in [1.807, 2.05) is 12.1 Å². The van der Waals surface area contributed by atoms with E-state index in [0.29, 0.717) is 36.8 Å². The number of hydrogen-bond acceptors (Lipinski definition) is 5. The van der Waals surface area contributed by atoms with Crippen molar-refractivity contribution in [3.05, 3.63) is 17.7 Å². The Morgan fingerprint density at radius 3 is 2.20 bits per heavy atom. The molecule has 0 aliphatic carbocycles.